The van der Waals surface area contributed by atoms with Gasteiger partial charge in [-0.15, -0.1) is 0 Å². The molecule has 0 amide bonds. The summed E-state index contributed by atoms with van der Waals surface area (Å²) in [6.45, 7) is 0. The van der Waals surface area contributed by atoms with Gasteiger partial charge in [0.05, 0.1) is 28.2 Å². The second-order valence-corrected chi connectivity index (χ2v) is 6.29. The third-order valence-electron chi connectivity index (χ3n) is 4.07. The van der Waals surface area contributed by atoms with Crippen LogP contribution in [-0.2, 0) is 4.74 Å². The molecule has 2 bridgehead atoms. The van der Waals surface area contributed by atoms with Gasteiger partial charge in [-0.05, 0) is 24.6 Å². The zero-order valence-corrected chi connectivity index (χ0v) is 14.1. The van der Waals surface area contributed by atoms with Crippen LogP contribution in [0.5, 0.6) is 0 Å². The van der Waals surface area contributed by atoms with Gasteiger partial charge >= 0.3 is 13.3 Å². The van der Waals surface area contributed by atoms with E-state index in [-0.39, 0.29) is 11.8 Å². The number of allylic oxidation sites excluding steroid dienone is 1. The minimum atomic E-state index is -6.00. The van der Waals surface area contributed by atoms with Crippen molar-refractivity contribution >= 4 is 25.7 Å². The first-order valence-electron chi connectivity index (χ1n) is 7.43. The Morgan fingerprint density at radius 1 is 1.25 bits per heavy atom. The Morgan fingerprint density at radius 3 is 2.17 bits per heavy atom. The molecule has 2 N–H and O–H groups in total. The number of hydrogen-bond donors (Lipinski definition) is 2. The van der Waals surface area contributed by atoms with E-state index in [2.05, 4.69) is 12.2 Å². The monoisotopic (exact) mass is 350 g/mol. The van der Waals surface area contributed by atoms with Gasteiger partial charge in [0.1, 0.15) is 5.60 Å². The Morgan fingerprint density at radius 2 is 1.79 bits per heavy atom. The Bertz CT molecular complexity index is 539. The SMILES string of the molecule is CN(C)C(OC12C=CC(C1)C(C=N)C2C=N)=[N+](C)C.F[B-](F)(F)F. The first-order chi connectivity index (χ1) is 10.9. The third-order valence-corrected chi connectivity index (χ3v) is 4.07. The van der Waals surface area contributed by atoms with Crippen LogP contribution in [0.15, 0.2) is 12.2 Å². The Balaban J connectivity index is 0.000000505. The molecule has 0 aromatic heterocycles. The zero-order chi connectivity index (χ0) is 18.7. The first kappa shape index (κ1) is 20.2. The van der Waals surface area contributed by atoms with E-state index < -0.39 is 12.9 Å². The van der Waals surface area contributed by atoms with Crippen LogP contribution >= 0.6 is 0 Å². The largest absolute Gasteiger partial charge is 0.673 e. The Labute approximate surface area is 139 Å². The Hall–Kier alpha value is -1.87. The molecule has 1 fully saturated rings. The summed E-state index contributed by atoms with van der Waals surface area (Å²) in [5.74, 6) is 0.373. The van der Waals surface area contributed by atoms with Gasteiger partial charge in [-0.3, -0.25) is 0 Å². The molecule has 0 aliphatic heterocycles. The van der Waals surface area contributed by atoms with Gasteiger partial charge in [-0.25, -0.2) is 9.48 Å². The van der Waals surface area contributed by atoms with Gasteiger partial charge in [0.15, 0.2) is 0 Å². The maximum absolute atomic E-state index is 9.75. The van der Waals surface area contributed by atoms with Crippen molar-refractivity contribution in [2.75, 3.05) is 28.2 Å². The number of halogens is 4. The highest BCUT2D eigenvalue weighted by Gasteiger charge is 2.56. The molecule has 0 heterocycles. The maximum atomic E-state index is 9.75. The van der Waals surface area contributed by atoms with Crippen molar-refractivity contribution in [3.63, 3.8) is 0 Å². The molecule has 4 atom stereocenters. The summed E-state index contributed by atoms with van der Waals surface area (Å²) in [7, 11) is 1.80. The molecular formula is C14H23BF4N4O. The van der Waals surface area contributed by atoms with Gasteiger partial charge in [0, 0.05) is 18.1 Å². The van der Waals surface area contributed by atoms with E-state index in [9.17, 15) is 17.3 Å². The van der Waals surface area contributed by atoms with Gasteiger partial charge < -0.3 is 32.8 Å². The molecule has 1 saturated carbocycles. The normalized spacial score (nSPS) is 30.2. The summed E-state index contributed by atoms with van der Waals surface area (Å²) in [6.07, 6.45) is 8.00. The van der Waals surface area contributed by atoms with E-state index >= 15 is 0 Å². The summed E-state index contributed by atoms with van der Waals surface area (Å²) in [6, 6.07) is 0.780. The molecule has 0 saturated heterocycles. The fourth-order valence-electron chi connectivity index (χ4n) is 3.27. The molecule has 136 valence electrons. The molecule has 5 nitrogen and oxygen atoms in total. The first-order valence-corrected chi connectivity index (χ1v) is 7.43. The molecule has 0 aromatic rings. The molecule has 2 aliphatic carbocycles. The van der Waals surface area contributed by atoms with E-state index in [4.69, 9.17) is 15.6 Å². The summed E-state index contributed by atoms with van der Waals surface area (Å²) < 4.78 is 47.2. The lowest BCUT2D eigenvalue weighted by molar-refractivity contribution is -0.482. The number of nitrogens with one attached hydrogen (secondary N) is 2. The second kappa shape index (κ2) is 7.35. The summed E-state index contributed by atoms with van der Waals surface area (Å²) in [4.78, 5) is 1.94. The average molecular weight is 350 g/mol. The minimum Gasteiger partial charge on any atom is -0.420 e. The molecule has 10 heteroatoms. The van der Waals surface area contributed by atoms with Gasteiger partial charge in [-0.1, -0.05) is 6.08 Å². The van der Waals surface area contributed by atoms with Crippen molar-refractivity contribution in [3.05, 3.63) is 12.2 Å². The Kier molecular flexibility index (Phi) is 6.18. The number of nitrogens with zero attached hydrogens (tertiary/aromatic N) is 2. The zero-order valence-electron chi connectivity index (χ0n) is 14.1. The number of hydrogen-bond acceptors (Lipinski definition) is 3. The van der Waals surface area contributed by atoms with E-state index in [1.807, 2.05) is 37.7 Å². The van der Waals surface area contributed by atoms with Gasteiger partial charge in [0.25, 0.3) is 0 Å². The van der Waals surface area contributed by atoms with Crippen molar-refractivity contribution in [2.24, 2.45) is 17.8 Å². The molecular weight excluding hydrogens is 327 g/mol. The summed E-state index contributed by atoms with van der Waals surface area (Å²) in [5.41, 5.74) is -0.460. The number of ether oxygens (including phenoxy) is 1. The smallest absolute Gasteiger partial charge is 0.420 e. The van der Waals surface area contributed by atoms with Crippen LogP contribution in [0.25, 0.3) is 0 Å². The van der Waals surface area contributed by atoms with Crippen molar-refractivity contribution in [2.45, 2.75) is 12.0 Å². The van der Waals surface area contributed by atoms with Crippen molar-refractivity contribution in [1.82, 2.24) is 4.90 Å². The minimum absolute atomic E-state index is 0.0464. The van der Waals surface area contributed by atoms with E-state index in [1.54, 1.807) is 0 Å². The summed E-state index contributed by atoms with van der Waals surface area (Å²) in [5, 5.41) is 15.3. The fraction of sp³-hybridized carbons (Fsp3) is 0.643. The predicted molar refractivity (Wildman–Crippen MR) is 86.6 cm³/mol. The van der Waals surface area contributed by atoms with Crippen molar-refractivity contribution in [3.8, 4) is 0 Å². The van der Waals surface area contributed by atoms with E-state index in [0.29, 0.717) is 5.92 Å². The van der Waals surface area contributed by atoms with Crippen LogP contribution in [-0.4, -0.2) is 69.0 Å². The average Bonchev–Trinajstić information content (AvgIpc) is 2.97. The van der Waals surface area contributed by atoms with Crippen LogP contribution in [0.3, 0.4) is 0 Å². The standard InChI is InChI=1S/C14H23N4O.BF4/c1-17(2)13(18(3)4)19-14-6-5-10(7-14)11(8-15)12(14)9-16;2-1(3,4)5/h5-6,8-12,15-16H,7H2,1-4H3;/q+1;-1. The van der Waals surface area contributed by atoms with Crippen LogP contribution in [0, 0.1) is 28.6 Å². The molecule has 2 aliphatic rings. The lowest BCUT2D eigenvalue weighted by Crippen LogP contribution is -2.45. The van der Waals surface area contributed by atoms with Crippen molar-refractivity contribution in [1.29, 1.82) is 10.8 Å². The highest BCUT2D eigenvalue weighted by molar-refractivity contribution is 6.50. The molecule has 0 radical (unpaired) electrons. The summed E-state index contributed by atoms with van der Waals surface area (Å²) >= 11 is 0. The quantitative estimate of drug-likeness (QED) is 0.205. The third kappa shape index (κ3) is 4.58. The molecule has 24 heavy (non-hydrogen) atoms. The molecule has 0 spiro atoms. The van der Waals surface area contributed by atoms with Gasteiger partial charge in [-0.2, -0.15) is 0 Å². The lowest BCUT2D eigenvalue weighted by Gasteiger charge is -2.32. The van der Waals surface area contributed by atoms with E-state index in [0.717, 1.165) is 12.4 Å². The van der Waals surface area contributed by atoms with Crippen LogP contribution in [0.2, 0.25) is 0 Å². The second-order valence-electron chi connectivity index (χ2n) is 6.29. The molecule has 4 unspecified atom stereocenters. The highest BCUT2D eigenvalue weighted by atomic mass is 19.5. The topological polar surface area (TPSA) is 63.2 Å². The number of amidine groups is 1. The maximum Gasteiger partial charge on any atom is 0.673 e. The molecule has 0 aromatic carbocycles. The number of fused-ring (bicyclic) bond motifs is 2. The van der Waals surface area contributed by atoms with Crippen LogP contribution in [0.4, 0.5) is 17.3 Å². The lowest BCUT2D eigenvalue weighted by atomic mass is 9.82. The molecule has 2 rings (SSSR count). The highest BCUT2D eigenvalue weighted by Crippen LogP contribution is 2.51. The van der Waals surface area contributed by atoms with Gasteiger partial charge in [0.2, 0.25) is 0 Å². The van der Waals surface area contributed by atoms with E-state index in [1.165, 1.54) is 12.4 Å². The fourth-order valence-corrected chi connectivity index (χ4v) is 3.27. The number of rotatable bonds is 3. The predicted octanol–water partition coefficient (Wildman–Crippen LogP) is 2.35. The van der Waals surface area contributed by atoms with Crippen molar-refractivity contribution < 1.29 is 26.6 Å². The van der Waals surface area contributed by atoms with Crippen LogP contribution < -0.4 is 0 Å². The van der Waals surface area contributed by atoms with Crippen LogP contribution in [0.1, 0.15) is 6.42 Å².